The number of hydrogen-bond donors (Lipinski definition) is 2. The molecule has 148 valence electrons. The van der Waals surface area contributed by atoms with E-state index in [9.17, 15) is 10.4 Å². The maximum atomic E-state index is 10.1. The Hall–Kier alpha value is -2.89. The van der Waals surface area contributed by atoms with Gasteiger partial charge >= 0.3 is 0 Å². The number of hydrogen-bond acceptors (Lipinski definition) is 8. The van der Waals surface area contributed by atoms with E-state index in [0.29, 0.717) is 30.2 Å². The average molecular weight is 382 g/mol. The van der Waals surface area contributed by atoms with E-state index in [4.69, 9.17) is 4.74 Å². The fourth-order valence-corrected chi connectivity index (χ4v) is 3.51. The summed E-state index contributed by atoms with van der Waals surface area (Å²) in [6.07, 6.45) is 1.91. The number of likely N-dealkylation sites (N-methyl/N-ethyl adjacent to an activating group) is 1. The first-order chi connectivity index (χ1) is 13.5. The first kappa shape index (κ1) is 19.9. The van der Waals surface area contributed by atoms with Crippen LogP contribution in [0, 0.1) is 11.3 Å². The van der Waals surface area contributed by atoms with Crippen LogP contribution in [0.2, 0.25) is 0 Å². The van der Waals surface area contributed by atoms with Crippen molar-refractivity contribution in [1.29, 1.82) is 5.26 Å². The normalized spacial score (nSPS) is 18.9. The third-order valence-electron chi connectivity index (χ3n) is 4.77. The zero-order valence-corrected chi connectivity index (χ0v) is 16.5. The van der Waals surface area contributed by atoms with Crippen molar-refractivity contribution in [2.75, 3.05) is 44.5 Å². The number of benzene rings is 1. The Morgan fingerprint density at radius 2 is 2.18 bits per heavy atom. The number of methoxy groups -OCH3 is 1. The average Bonchev–Trinajstić information content (AvgIpc) is 3.05. The second-order valence-electron chi connectivity index (χ2n) is 7.22. The molecular formula is C20H26N6O2. The minimum absolute atomic E-state index is 0.215. The highest BCUT2D eigenvalue weighted by atomic mass is 16.5. The molecule has 2 N–H and O–H groups in total. The zero-order chi connectivity index (χ0) is 20.1. The van der Waals surface area contributed by atoms with Crippen molar-refractivity contribution in [1.82, 2.24) is 14.9 Å². The minimum Gasteiger partial charge on any atom is -0.495 e. The van der Waals surface area contributed by atoms with Gasteiger partial charge in [0.1, 0.15) is 29.8 Å². The summed E-state index contributed by atoms with van der Waals surface area (Å²) in [6, 6.07) is 9.77. The summed E-state index contributed by atoms with van der Waals surface area (Å²) in [4.78, 5) is 13.0. The van der Waals surface area contributed by atoms with Gasteiger partial charge in [-0.05, 0) is 38.2 Å². The molecule has 0 amide bonds. The Morgan fingerprint density at radius 1 is 1.36 bits per heavy atom. The number of rotatable bonds is 7. The standard InChI is InChI=1S/C20H26N6O2/c1-25(2)11-16-7-17(27)12-26(16)20-8-19(23-13-24-20)22-10-14-4-5-18(28-3)15(6-14)9-21/h4-6,8,13,16-17,27H,7,10-12H2,1-3H3,(H,22,23,24)/t16-,17-/m1/s1. The van der Waals surface area contributed by atoms with Crippen molar-refractivity contribution in [2.45, 2.75) is 25.1 Å². The quantitative estimate of drug-likeness (QED) is 0.743. The Bertz CT molecular complexity index is 851. The van der Waals surface area contributed by atoms with E-state index < -0.39 is 0 Å². The molecule has 0 aliphatic carbocycles. The molecule has 28 heavy (non-hydrogen) atoms. The van der Waals surface area contributed by atoms with Crippen LogP contribution in [0.3, 0.4) is 0 Å². The number of aromatic nitrogens is 2. The van der Waals surface area contributed by atoms with Gasteiger partial charge in [0.25, 0.3) is 0 Å². The molecule has 1 fully saturated rings. The van der Waals surface area contributed by atoms with Crippen molar-refractivity contribution in [3.8, 4) is 11.8 Å². The molecular weight excluding hydrogens is 356 g/mol. The van der Waals surface area contributed by atoms with E-state index >= 15 is 0 Å². The highest BCUT2D eigenvalue weighted by Crippen LogP contribution is 2.26. The third-order valence-corrected chi connectivity index (χ3v) is 4.77. The van der Waals surface area contributed by atoms with Gasteiger partial charge in [-0.15, -0.1) is 0 Å². The van der Waals surface area contributed by atoms with Crippen molar-refractivity contribution < 1.29 is 9.84 Å². The summed E-state index contributed by atoms with van der Waals surface area (Å²) < 4.78 is 5.18. The molecule has 0 saturated carbocycles. The lowest BCUT2D eigenvalue weighted by molar-refractivity contribution is 0.191. The van der Waals surface area contributed by atoms with Crippen molar-refractivity contribution in [2.24, 2.45) is 0 Å². The summed E-state index contributed by atoms with van der Waals surface area (Å²) in [5, 5.41) is 22.6. The van der Waals surface area contributed by atoms with Crippen LogP contribution in [0.25, 0.3) is 0 Å². The fraction of sp³-hybridized carbons (Fsp3) is 0.450. The van der Waals surface area contributed by atoms with Crippen LogP contribution in [0.5, 0.6) is 5.75 Å². The van der Waals surface area contributed by atoms with E-state index in [1.165, 1.54) is 6.33 Å². The second-order valence-corrected chi connectivity index (χ2v) is 7.22. The van der Waals surface area contributed by atoms with Gasteiger partial charge in [-0.3, -0.25) is 0 Å². The molecule has 1 aliphatic heterocycles. The van der Waals surface area contributed by atoms with E-state index in [-0.39, 0.29) is 12.1 Å². The van der Waals surface area contributed by atoms with Gasteiger partial charge in [0.05, 0.1) is 18.8 Å². The van der Waals surface area contributed by atoms with Crippen LogP contribution < -0.4 is 15.0 Å². The van der Waals surface area contributed by atoms with Crippen LogP contribution in [0.4, 0.5) is 11.6 Å². The van der Waals surface area contributed by atoms with Gasteiger partial charge < -0.3 is 25.0 Å². The Balaban J connectivity index is 1.71. The summed E-state index contributed by atoms with van der Waals surface area (Å²) in [5.41, 5.74) is 1.46. The molecule has 2 atom stereocenters. The van der Waals surface area contributed by atoms with Crippen LogP contribution >= 0.6 is 0 Å². The van der Waals surface area contributed by atoms with Gasteiger partial charge in [-0.2, -0.15) is 5.26 Å². The Morgan fingerprint density at radius 3 is 2.89 bits per heavy atom. The van der Waals surface area contributed by atoms with Gasteiger partial charge in [-0.25, -0.2) is 9.97 Å². The predicted molar refractivity (Wildman–Crippen MR) is 107 cm³/mol. The van der Waals surface area contributed by atoms with Crippen molar-refractivity contribution >= 4 is 11.6 Å². The number of nitrogens with one attached hydrogen (secondary N) is 1. The second kappa shape index (κ2) is 8.87. The van der Waals surface area contributed by atoms with E-state index in [1.54, 1.807) is 19.2 Å². The van der Waals surface area contributed by atoms with Gasteiger partial charge in [-0.1, -0.05) is 6.07 Å². The molecule has 1 saturated heterocycles. The van der Waals surface area contributed by atoms with Gasteiger partial charge in [0.2, 0.25) is 0 Å². The summed E-state index contributed by atoms with van der Waals surface area (Å²) in [6.45, 7) is 1.95. The maximum Gasteiger partial charge on any atom is 0.136 e. The number of aliphatic hydroxyl groups excluding tert-OH is 1. The Labute approximate surface area is 165 Å². The number of nitrogens with zero attached hydrogens (tertiary/aromatic N) is 5. The van der Waals surface area contributed by atoms with Crippen LogP contribution in [0.1, 0.15) is 17.5 Å². The number of nitriles is 1. The molecule has 0 radical (unpaired) electrons. The van der Waals surface area contributed by atoms with Crippen LogP contribution in [-0.2, 0) is 6.54 Å². The first-order valence-corrected chi connectivity index (χ1v) is 9.22. The number of anilines is 2. The monoisotopic (exact) mass is 382 g/mol. The molecule has 1 aromatic carbocycles. The summed E-state index contributed by atoms with van der Waals surface area (Å²) in [5.74, 6) is 2.06. The molecule has 8 heteroatoms. The van der Waals surface area contributed by atoms with E-state index in [2.05, 4.69) is 31.2 Å². The molecule has 1 aliphatic rings. The molecule has 0 bridgehead atoms. The summed E-state index contributed by atoms with van der Waals surface area (Å²) >= 11 is 0. The van der Waals surface area contributed by atoms with Crippen molar-refractivity contribution in [3.05, 3.63) is 41.7 Å². The first-order valence-electron chi connectivity index (χ1n) is 9.22. The molecule has 1 aromatic heterocycles. The van der Waals surface area contributed by atoms with Crippen molar-refractivity contribution in [3.63, 3.8) is 0 Å². The van der Waals surface area contributed by atoms with Crippen LogP contribution in [-0.4, -0.2) is 66.4 Å². The lowest BCUT2D eigenvalue weighted by Gasteiger charge is -2.27. The number of aliphatic hydroxyl groups is 1. The highest BCUT2D eigenvalue weighted by Gasteiger charge is 2.32. The van der Waals surface area contributed by atoms with Gasteiger partial charge in [0.15, 0.2) is 0 Å². The zero-order valence-electron chi connectivity index (χ0n) is 16.5. The smallest absolute Gasteiger partial charge is 0.136 e. The number of ether oxygens (including phenoxy) is 1. The van der Waals surface area contributed by atoms with E-state index in [0.717, 1.165) is 24.3 Å². The predicted octanol–water partition coefficient (Wildman–Crippen LogP) is 1.47. The molecule has 0 unspecified atom stereocenters. The van der Waals surface area contributed by atoms with Crippen LogP contribution in [0.15, 0.2) is 30.6 Å². The molecule has 8 nitrogen and oxygen atoms in total. The fourth-order valence-electron chi connectivity index (χ4n) is 3.51. The SMILES string of the molecule is COc1ccc(CNc2cc(N3C[C@H](O)C[C@@H]3CN(C)C)ncn2)cc1C#N. The van der Waals surface area contributed by atoms with Gasteiger partial charge in [0, 0.05) is 31.7 Å². The molecule has 3 rings (SSSR count). The maximum absolute atomic E-state index is 10.1. The topological polar surface area (TPSA) is 97.5 Å². The molecule has 0 spiro atoms. The summed E-state index contributed by atoms with van der Waals surface area (Å²) in [7, 11) is 5.61. The highest BCUT2D eigenvalue weighted by molar-refractivity contribution is 5.51. The third kappa shape index (κ3) is 4.68. The minimum atomic E-state index is -0.347. The molecule has 2 heterocycles. The Kier molecular flexibility index (Phi) is 6.29. The lowest BCUT2D eigenvalue weighted by atomic mass is 10.1. The number of β-amino-alcohol motifs (C(OH)–C–C–N with tert-alkyl or cyclic N) is 1. The lowest BCUT2D eigenvalue weighted by Crippen LogP contribution is -2.38. The largest absolute Gasteiger partial charge is 0.495 e. The van der Waals surface area contributed by atoms with E-state index in [1.807, 2.05) is 26.2 Å². The molecule has 2 aromatic rings.